The number of nitrogens with zero attached hydrogens (tertiary/aromatic N) is 1. The van der Waals surface area contributed by atoms with Gasteiger partial charge in [0, 0.05) is 31.2 Å². The Morgan fingerprint density at radius 2 is 1.87 bits per heavy atom. The summed E-state index contributed by atoms with van der Waals surface area (Å²) in [5.41, 5.74) is 2.47. The minimum Gasteiger partial charge on any atom is -0.392 e. The lowest BCUT2D eigenvalue weighted by atomic mass is 10.0. The number of β-amino-alcohol motifs (C(OH)–C–C–N with tert-alkyl or cyclic N) is 1. The van der Waals surface area contributed by atoms with Crippen LogP contribution in [0.4, 0.5) is 0 Å². The van der Waals surface area contributed by atoms with Gasteiger partial charge in [0.1, 0.15) is 0 Å². The Morgan fingerprint density at radius 1 is 1.13 bits per heavy atom. The largest absolute Gasteiger partial charge is 0.392 e. The van der Waals surface area contributed by atoms with E-state index in [1.165, 1.54) is 6.07 Å². The Kier molecular flexibility index (Phi) is 9.18. The molecular weight excluding hydrogens is 430 g/mol. The molecule has 2 atom stereocenters. The number of aromatic nitrogens is 1. The maximum Gasteiger partial charge on any atom is 0.248 e. The van der Waals surface area contributed by atoms with Crippen molar-refractivity contribution in [3.63, 3.8) is 0 Å². The van der Waals surface area contributed by atoms with Crippen molar-refractivity contribution in [1.82, 2.24) is 15.2 Å². The zero-order valence-electron chi connectivity index (χ0n) is 17.2. The molecule has 0 saturated carbocycles. The average Bonchev–Trinajstić information content (AvgIpc) is 3.12. The number of rotatable bonds is 6. The number of H-pyrrole nitrogens is 1. The number of carbonyl (C=O) groups excluding carboxylic acids is 1. The zero-order valence-corrected chi connectivity index (χ0v) is 19.2. The SMILES string of the molecule is O=C(Cc1ccc2ccc(=O)[nH]c2c1)N[C@H](CN1CC[C@@H](O)C1)c1ccccc1.S.S. The summed E-state index contributed by atoms with van der Waals surface area (Å²) in [4.78, 5) is 29.3. The molecule has 3 N–H and O–H groups in total. The van der Waals surface area contributed by atoms with E-state index in [1.54, 1.807) is 6.07 Å². The van der Waals surface area contributed by atoms with Gasteiger partial charge in [0.05, 0.1) is 18.6 Å². The minimum atomic E-state index is -0.290. The molecule has 3 aromatic rings. The molecule has 8 heteroatoms. The second kappa shape index (κ2) is 11.4. The molecule has 0 aliphatic carbocycles. The molecule has 2 heterocycles. The molecular formula is C23H29N3O3S2. The number of fused-ring (bicyclic) bond motifs is 1. The maximum absolute atomic E-state index is 12.8. The molecule has 0 radical (unpaired) electrons. The number of amides is 1. The van der Waals surface area contributed by atoms with Crippen LogP contribution < -0.4 is 10.9 Å². The van der Waals surface area contributed by atoms with E-state index in [9.17, 15) is 14.7 Å². The van der Waals surface area contributed by atoms with E-state index in [2.05, 4.69) is 15.2 Å². The Labute approximate surface area is 195 Å². The summed E-state index contributed by atoms with van der Waals surface area (Å²) in [6.07, 6.45) is 0.714. The summed E-state index contributed by atoms with van der Waals surface area (Å²) in [6, 6.07) is 18.7. The van der Waals surface area contributed by atoms with E-state index in [1.807, 2.05) is 48.5 Å². The predicted octanol–water partition coefficient (Wildman–Crippen LogP) is 2.22. The number of aromatic amines is 1. The molecule has 1 aliphatic rings. The molecule has 6 nitrogen and oxygen atoms in total. The van der Waals surface area contributed by atoms with Crippen LogP contribution in [-0.4, -0.2) is 46.6 Å². The smallest absolute Gasteiger partial charge is 0.248 e. The van der Waals surface area contributed by atoms with Gasteiger partial charge in [0.2, 0.25) is 11.5 Å². The van der Waals surface area contributed by atoms with E-state index in [0.717, 1.165) is 35.0 Å². The van der Waals surface area contributed by atoms with Gasteiger partial charge >= 0.3 is 0 Å². The van der Waals surface area contributed by atoms with Crippen molar-refractivity contribution in [3.05, 3.63) is 82.1 Å². The topological polar surface area (TPSA) is 85.4 Å². The van der Waals surface area contributed by atoms with Gasteiger partial charge in [0.15, 0.2) is 0 Å². The number of carbonyl (C=O) groups is 1. The Balaban J connectivity index is 0.00000171. The van der Waals surface area contributed by atoms with Crippen LogP contribution >= 0.6 is 27.0 Å². The number of aliphatic hydroxyl groups excluding tert-OH is 1. The van der Waals surface area contributed by atoms with Crippen molar-refractivity contribution in [2.24, 2.45) is 0 Å². The fourth-order valence-electron chi connectivity index (χ4n) is 3.89. The third kappa shape index (κ3) is 6.61. The van der Waals surface area contributed by atoms with Gasteiger partial charge in [-0.2, -0.15) is 27.0 Å². The number of pyridine rings is 1. The van der Waals surface area contributed by atoms with Crippen LogP contribution in [0.3, 0.4) is 0 Å². The van der Waals surface area contributed by atoms with Gasteiger partial charge in [-0.3, -0.25) is 14.5 Å². The molecule has 31 heavy (non-hydrogen) atoms. The molecule has 0 spiro atoms. The van der Waals surface area contributed by atoms with Crippen molar-refractivity contribution in [3.8, 4) is 0 Å². The zero-order chi connectivity index (χ0) is 20.2. The van der Waals surface area contributed by atoms with Crippen LogP contribution in [0.1, 0.15) is 23.6 Å². The fourth-order valence-corrected chi connectivity index (χ4v) is 3.89. The lowest BCUT2D eigenvalue weighted by Gasteiger charge is -2.25. The van der Waals surface area contributed by atoms with E-state index < -0.39 is 0 Å². The summed E-state index contributed by atoms with van der Waals surface area (Å²) >= 11 is 0. The average molecular weight is 460 g/mol. The van der Waals surface area contributed by atoms with Crippen LogP contribution in [0.5, 0.6) is 0 Å². The van der Waals surface area contributed by atoms with Gasteiger partial charge in [-0.25, -0.2) is 0 Å². The van der Waals surface area contributed by atoms with Crippen LogP contribution in [0.2, 0.25) is 0 Å². The van der Waals surface area contributed by atoms with Crippen molar-refractivity contribution in [2.45, 2.75) is 25.0 Å². The lowest BCUT2D eigenvalue weighted by molar-refractivity contribution is -0.121. The number of hydrogen-bond acceptors (Lipinski definition) is 4. The lowest BCUT2D eigenvalue weighted by Crippen LogP contribution is -2.38. The molecule has 1 aromatic heterocycles. The summed E-state index contributed by atoms with van der Waals surface area (Å²) < 4.78 is 0. The highest BCUT2D eigenvalue weighted by molar-refractivity contribution is 7.59. The first-order valence-electron chi connectivity index (χ1n) is 9.93. The van der Waals surface area contributed by atoms with Crippen LogP contribution in [0, 0.1) is 0 Å². The van der Waals surface area contributed by atoms with Crippen molar-refractivity contribution < 1.29 is 9.90 Å². The Bertz CT molecular complexity index is 1060. The molecule has 4 rings (SSSR count). The van der Waals surface area contributed by atoms with Gasteiger partial charge in [-0.15, -0.1) is 0 Å². The second-order valence-corrected chi connectivity index (χ2v) is 7.65. The Hall–Kier alpha value is -2.26. The van der Waals surface area contributed by atoms with Gasteiger partial charge < -0.3 is 15.4 Å². The first-order valence-corrected chi connectivity index (χ1v) is 9.93. The van der Waals surface area contributed by atoms with Crippen molar-refractivity contribution >= 4 is 43.8 Å². The molecule has 166 valence electrons. The van der Waals surface area contributed by atoms with Crippen molar-refractivity contribution in [2.75, 3.05) is 19.6 Å². The highest BCUT2D eigenvalue weighted by Gasteiger charge is 2.24. The van der Waals surface area contributed by atoms with E-state index in [-0.39, 0.29) is 57.0 Å². The summed E-state index contributed by atoms with van der Waals surface area (Å²) in [6.45, 7) is 2.13. The van der Waals surface area contributed by atoms with E-state index in [4.69, 9.17) is 0 Å². The maximum atomic E-state index is 12.8. The van der Waals surface area contributed by atoms with Crippen LogP contribution in [0.25, 0.3) is 10.9 Å². The number of nitrogens with one attached hydrogen (secondary N) is 2. The number of benzene rings is 2. The van der Waals surface area contributed by atoms with Gasteiger partial charge in [-0.05, 0) is 35.1 Å². The summed E-state index contributed by atoms with van der Waals surface area (Å²) in [7, 11) is 0. The quantitative estimate of drug-likeness (QED) is 0.528. The predicted molar refractivity (Wildman–Crippen MR) is 133 cm³/mol. The van der Waals surface area contributed by atoms with E-state index in [0.29, 0.717) is 13.1 Å². The normalized spacial score (nSPS) is 16.9. The first-order chi connectivity index (χ1) is 14.1. The van der Waals surface area contributed by atoms with Gasteiger partial charge in [-0.1, -0.05) is 42.5 Å². The first kappa shape index (κ1) is 25.0. The molecule has 2 aromatic carbocycles. The fraction of sp³-hybridized carbons (Fsp3) is 0.304. The minimum absolute atomic E-state index is 0. The standard InChI is InChI=1S/C23H25N3O3.2H2S/c27-19-10-11-26(14-19)15-21(17-4-2-1-3-5-17)25-23(29)13-16-6-7-18-8-9-22(28)24-20(18)12-16;;/h1-9,12,19,21,27H,10-11,13-15H2,(H,24,28)(H,25,29);2*1H2/t19-,21-;;/m1../s1. The number of likely N-dealkylation sites (tertiary alicyclic amines) is 1. The Morgan fingerprint density at radius 3 is 2.58 bits per heavy atom. The number of hydrogen-bond donors (Lipinski definition) is 3. The molecule has 0 unspecified atom stereocenters. The van der Waals surface area contributed by atoms with Gasteiger partial charge in [0.25, 0.3) is 0 Å². The third-order valence-corrected chi connectivity index (χ3v) is 5.38. The van der Waals surface area contributed by atoms with E-state index >= 15 is 0 Å². The van der Waals surface area contributed by atoms with Crippen LogP contribution in [0.15, 0.2) is 65.5 Å². The second-order valence-electron chi connectivity index (χ2n) is 7.65. The third-order valence-electron chi connectivity index (χ3n) is 5.38. The van der Waals surface area contributed by atoms with Crippen LogP contribution in [-0.2, 0) is 11.2 Å². The highest BCUT2D eigenvalue weighted by atomic mass is 32.1. The summed E-state index contributed by atoms with van der Waals surface area (Å²) in [5.74, 6) is -0.0729. The summed E-state index contributed by atoms with van der Waals surface area (Å²) in [5, 5.41) is 13.9. The molecule has 1 amide bonds. The molecule has 0 bridgehead atoms. The molecule has 1 fully saturated rings. The molecule has 1 saturated heterocycles. The van der Waals surface area contributed by atoms with Crippen molar-refractivity contribution in [1.29, 1.82) is 0 Å². The molecule has 1 aliphatic heterocycles. The monoisotopic (exact) mass is 459 g/mol. The highest BCUT2D eigenvalue weighted by Crippen LogP contribution is 2.19. The number of aliphatic hydroxyl groups is 1.